The highest BCUT2D eigenvalue weighted by molar-refractivity contribution is 7.91. The summed E-state index contributed by atoms with van der Waals surface area (Å²) in [6.45, 7) is 2.01. The first-order chi connectivity index (χ1) is 9.79. The second-order valence-electron chi connectivity index (χ2n) is 4.53. The Morgan fingerprint density at radius 1 is 1.38 bits per heavy atom. The van der Waals surface area contributed by atoms with Crippen molar-refractivity contribution in [2.24, 2.45) is 5.73 Å². The molecule has 2 N–H and O–H groups in total. The zero-order valence-electron chi connectivity index (χ0n) is 11.3. The first-order valence-electron chi connectivity index (χ1n) is 6.12. The molecular formula is C13H14ClN3O2S2. The van der Waals surface area contributed by atoms with Gasteiger partial charge in [-0.3, -0.25) is 4.68 Å². The molecule has 0 radical (unpaired) electrons. The molecule has 0 unspecified atom stereocenters. The molecule has 0 spiro atoms. The molecule has 0 aliphatic carbocycles. The van der Waals surface area contributed by atoms with Crippen LogP contribution in [0.1, 0.15) is 11.3 Å². The molecule has 1 aromatic heterocycles. The van der Waals surface area contributed by atoms with E-state index in [9.17, 15) is 8.42 Å². The average Bonchev–Trinajstić information content (AvgIpc) is 2.76. The summed E-state index contributed by atoms with van der Waals surface area (Å²) in [7, 11) is -3.39. The van der Waals surface area contributed by atoms with Crippen LogP contribution >= 0.6 is 23.8 Å². The molecule has 8 heteroatoms. The van der Waals surface area contributed by atoms with Gasteiger partial charge in [0.1, 0.15) is 4.99 Å². The van der Waals surface area contributed by atoms with Crippen LogP contribution < -0.4 is 5.73 Å². The lowest BCUT2D eigenvalue weighted by Crippen LogP contribution is -2.14. The van der Waals surface area contributed by atoms with E-state index in [1.54, 1.807) is 25.3 Å². The van der Waals surface area contributed by atoms with Gasteiger partial charge in [-0.25, -0.2) is 8.42 Å². The van der Waals surface area contributed by atoms with E-state index in [-0.39, 0.29) is 22.2 Å². The van der Waals surface area contributed by atoms with Gasteiger partial charge < -0.3 is 5.73 Å². The summed E-state index contributed by atoms with van der Waals surface area (Å²) >= 11 is 10.7. The van der Waals surface area contributed by atoms with Crippen LogP contribution in [0.5, 0.6) is 0 Å². The van der Waals surface area contributed by atoms with Gasteiger partial charge in [-0.05, 0) is 19.1 Å². The van der Waals surface area contributed by atoms with Gasteiger partial charge in [0.15, 0.2) is 9.84 Å². The molecule has 112 valence electrons. The van der Waals surface area contributed by atoms with Gasteiger partial charge in [-0.1, -0.05) is 36.0 Å². The molecule has 0 bridgehead atoms. The van der Waals surface area contributed by atoms with Gasteiger partial charge in [-0.2, -0.15) is 5.10 Å². The van der Waals surface area contributed by atoms with E-state index < -0.39 is 9.84 Å². The molecule has 0 amide bonds. The fourth-order valence-corrected chi connectivity index (χ4v) is 3.27. The molecular weight excluding hydrogens is 330 g/mol. The maximum absolute atomic E-state index is 12.2. The van der Waals surface area contributed by atoms with Gasteiger partial charge in [-0.15, -0.1) is 0 Å². The van der Waals surface area contributed by atoms with Crippen molar-refractivity contribution in [3.63, 3.8) is 0 Å². The van der Waals surface area contributed by atoms with Crippen LogP contribution in [0.4, 0.5) is 0 Å². The molecule has 21 heavy (non-hydrogen) atoms. The quantitative estimate of drug-likeness (QED) is 0.839. The highest BCUT2D eigenvalue weighted by Crippen LogP contribution is 2.15. The summed E-state index contributed by atoms with van der Waals surface area (Å²) in [6, 6.07) is 6.21. The third-order valence-electron chi connectivity index (χ3n) is 2.97. The van der Waals surface area contributed by atoms with Gasteiger partial charge in [0.2, 0.25) is 0 Å². The minimum atomic E-state index is -3.39. The minimum Gasteiger partial charge on any atom is -0.389 e. The molecule has 0 aliphatic heterocycles. The molecule has 2 aromatic rings. The second-order valence-corrected chi connectivity index (χ2v) is 7.49. The van der Waals surface area contributed by atoms with E-state index in [4.69, 9.17) is 29.6 Å². The number of rotatable bonds is 5. The van der Waals surface area contributed by atoms with Crippen LogP contribution in [-0.2, 0) is 16.4 Å². The van der Waals surface area contributed by atoms with Crippen molar-refractivity contribution in [2.45, 2.75) is 18.4 Å². The van der Waals surface area contributed by atoms with Gasteiger partial charge in [0.05, 0.1) is 27.9 Å². The van der Waals surface area contributed by atoms with E-state index in [0.717, 1.165) is 0 Å². The minimum absolute atomic E-state index is 0.0587. The summed E-state index contributed by atoms with van der Waals surface area (Å²) in [5.41, 5.74) is 6.80. The van der Waals surface area contributed by atoms with Crippen LogP contribution in [0.3, 0.4) is 0 Å². The number of halogens is 1. The number of aromatic nitrogens is 2. The van der Waals surface area contributed by atoms with Crippen LogP contribution in [-0.4, -0.2) is 28.9 Å². The normalized spacial score (nSPS) is 11.5. The lowest BCUT2D eigenvalue weighted by atomic mass is 10.2. The fraction of sp³-hybridized carbons (Fsp3) is 0.231. The van der Waals surface area contributed by atoms with Crippen molar-refractivity contribution < 1.29 is 8.42 Å². The Kier molecular flexibility index (Phi) is 4.65. The highest BCUT2D eigenvalue weighted by atomic mass is 35.5. The van der Waals surface area contributed by atoms with Crippen molar-refractivity contribution in [3.8, 4) is 0 Å². The van der Waals surface area contributed by atoms with Gasteiger partial charge in [0.25, 0.3) is 0 Å². The summed E-state index contributed by atoms with van der Waals surface area (Å²) in [5, 5.41) is 4.65. The maximum atomic E-state index is 12.2. The van der Waals surface area contributed by atoms with E-state index >= 15 is 0 Å². The predicted octanol–water partition coefficient (Wildman–Crippen LogP) is 1.95. The van der Waals surface area contributed by atoms with Gasteiger partial charge >= 0.3 is 0 Å². The summed E-state index contributed by atoms with van der Waals surface area (Å²) in [5.74, 6) is -0.0587. The number of nitrogens with zero attached hydrogens (tertiary/aromatic N) is 2. The first-order valence-corrected chi connectivity index (χ1v) is 8.55. The van der Waals surface area contributed by atoms with E-state index in [1.807, 2.05) is 0 Å². The zero-order chi connectivity index (χ0) is 15.6. The standard InChI is InChI=1S/C13H14ClN3O2S2/c1-9-12(14)8-17(16-9)6-7-21(18,19)11-4-2-10(3-5-11)13(15)20/h2-5,8H,6-7H2,1H3,(H2,15,20). The Hall–Kier alpha value is -1.44. The van der Waals surface area contributed by atoms with Crippen LogP contribution in [0.25, 0.3) is 0 Å². The Balaban J connectivity index is 2.12. The number of hydrogen-bond acceptors (Lipinski definition) is 4. The predicted molar refractivity (Wildman–Crippen MR) is 86.4 cm³/mol. The van der Waals surface area contributed by atoms with Crippen molar-refractivity contribution in [1.82, 2.24) is 9.78 Å². The third-order valence-corrected chi connectivity index (χ3v) is 5.29. The number of sulfone groups is 1. The molecule has 0 fully saturated rings. The topological polar surface area (TPSA) is 78.0 Å². The SMILES string of the molecule is Cc1nn(CCS(=O)(=O)c2ccc(C(N)=S)cc2)cc1Cl. The third kappa shape index (κ3) is 3.81. The lowest BCUT2D eigenvalue weighted by Gasteiger charge is -2.06. The molecule has 5 nitrogen and oxygen atoms in total. The monoisotopic (exact) mass is 343 g/mol. The molecule has 2 rings (SSSR count). The average molecular weight is 344 g/mol. The number of hydrogen-bond donors (Lipinski definition) is 1. The summed E-state index contributed by atoms with van der Waals surface area (Å²) in [6.07, 6.45) is 1.61. The molecule has 0 saturated heterocycles. The molecule has 0 saturated carbocycles. The zero-order valence-corrected chi connectivity index (χ0v) is 13.7. The smallest absolute Gasteiger partial charge is 0.180 e. The lowest BCUT2D eigenvalue weighted by molar-refractivity contribution is 0.580. The maximum Gasteiger partial charge on any atom is 0.180 e. The van der Waals surface area contributed by atoms with Gasteiger partial charge in [0, 0.05) is 11.8 Å². The van der Waals surface area contributed by atoms with Crippen molar-refractivity contribution in [2.75, 3.05) is 5.75 Å². The van der Waals surface area contributed by atoms with E-state index in [2.05, 4.69) is 5.10 Å². The van der Waals surface area contributed by atoms with Crippen LogP contribution in [0.2, 0.25) is 5.02 Å². The van der Waals surface area contributed by atoms with Crippen LogP contribution in [0.15, 0.2) is 35.4 Å². The van der Waals surface area contributed by atoms with E-state index in [1.165, 1.54) is 16.8 Å². The van der Waals surface area contributed by atoms with Crippen LogP contribution in [0, 0.1) is 6.92 Å². The molecule has 1 aromatic carbocycles. The highest BCUT2D eigenvalue weighted by Gasteiger charge is 2.15. The molecule has 0 aliphatic rings. The number of nitrogens with two attached hydrogens (primary N) is 1. The summed E-state index contributed by atoms with van der Waals surface area (Å²) in [4.78, 5) is 0.470. The number of benzene rings is 1. The Morgan fingerprint density at radius 2 is 2.00 bits per heavy atom. The number of thiocarbonyl (C=S) groups is 1. The second kappa shape index (κ2) is 6.13. The Morgan fingerprint density at radius 3 is 2.48 bits per heavy atom. The Labute approximate surface area is 133 Å². The van der Waals surface area contributed by atoms with E-state index in [0.29, 0.717) is 16.3 Å². The van der Waals surface area contributed by atoms with Crippen molar-refractivity contribution in [3.05, 3.63) is 46.7 Å². The molecule has 1 heterocycles. The largest absolute Gasteiger partial charge is 0.389 e. The fourth-order valence-electron chi connectivity index (χ4n) is 1.77. The van der Waals surface area contributed by atoms with Crippen molar-refractivity contribution >= 4 is 38.6 Å². The number of aryl methyl sites for hydroxylation is 2. The first kappa shape index (κ1) is 15.9. The Bertz CT molecular complexity index is 748. The molecule has 0 atom stereocenters. The van der Waals surface area contributed by atoms with Crippen molar-refractivity contribution in [1.29, 1.82) is 0 Å². The summed E-state index contributed by atoms with van der Waals surface area (Å²) < 4.78 is 26.0.